The number of carbonyl (C=O) groups excluding carboxylic acids is 1. The highest BCUT2D eigenvalue weighted by Crippen LogP contribution is 2.30. The predicted molar refractivity (Wildman–Crippen MR) is 74.8 cm³/mol. The van der Waals surface area contributed by atoms with Crippen molar-refractivity contribution in [3.63, 3.8) is 0 Å². The van der Waals surface area contributed by atoms with Gasteiger partial charge in [0.15, 0.2) is 5.78 Å². The van der Waals surface area contributed by atoms with Gasteiger partial charge in [-0.15, -0.1) is 11.6 Å². The Balaban J connectivity index is 2.70. The van der Waals surface area contributed by atoms with E-state index in [2.05, 4.69) is 0 Å². The van der Waals surface area contributed by atoms with E-state index in [0.717, 1.165) is 10.8 Å². The summed E-state index contributed by atoms with van der Waals surface area (Å²) in [5, 5.41) is 1.34. The van der Waals surface area contributed by atoms with Crippen molar-refractivity contribution in [2.75, 3.05) is 6.61 Å². The van der Waals surface area contributed by atoms with Crippen molar-refractivity contribution in [1.29, 1.82) is 0 Å². The first kappa shape index (κ1) is 12.9. The second kappa shape index (κ2) is 5.40. The van der Waals surface area contributed by atoms with Crippen molar-refractivity contribution in [1.82, 2.24) is 0 Å². The first-order chi connectivity index (χ1) is 8.65. The van der Waals surface area contributed by atoms with Gasteiger partial charge < -0.3 is 4.74 Å². The van der Waals surface area contributed by atoms with Gasteiger partial charge in [-0.3, -0.25) is 4.79 Å². The van der Waals surface area contributed by atoms with E-state index < -0.39 is 5.38 Å². The van der Waals surface area contributed by atoms with Gasteiger partial charge in [0.25, 0.3) is 0 Å². The van der Waals surface area contributed by atoms with Crippen molar-refractivity contribution >= 4 is 28.2 Å². The Labute approximate surface area is 112 Å². The monoisotopic (exact) mass is 262 g/mol. The first-order valence-corrected chi connectivity index (χ1v) is 6.41. The van der Waals surface area contributed by atoms with Crippen molar-refractivity contribution < 1.29 is 9.53 Å². The zero-order valence-electron chi connectivity index (χ0n) is 10.4. The molecule has 3 heteroatoms. The minimum absolute atomic E-state index is 0.100. The van der Waals surface area contributed by atoms with E-state index in [1.54, 1.807) is 6.92 Å². The standard InChI is InChI=1S/C15H15ClO2/c1-3-18-13-9-8-11-6-4-5-7-12(11)14(13)15(17)10(2)16/h4-10H,3H2,1-2H3. The molecule has 2 aromatic carbocycles. The molecule has 0 aliphatic rings. The average Bonchev–Trinajstić information content (AvgIpc) is 2.38. The Morgan fingerprint density at radius 1 is 1.28 bits per heavy atom. The second-order valence-corrected chi connectivity index (χ2v) is 4.73. The number of hydrogen-bond acceptors (Lipinski definition) is 2. The predicted octanol–water partition coefficient (Wildman–Crippen LogP) is 4.05. The fourth-order valence-electron chi connectivity index (χ4n) is 1.98. The van der Waals surface area contributed by atoms with Gasteiger partial charge in [-0.25, -0.2) is 0 Å². The zero-order valence-corrected chi connectivity index (χ0v) is 11.2. The molecule has 0 aliphatic carbocycles. The van der Waals surface area contributed by atoms with Gasteiger partial charge in [0, 0.05) is 0 Å². The van der Waals surface area contributed by atoms with E-state index in [0.29, 0.717) is 17.9 Å². The number of Topliss-reactive ketones (excluding diaryl/α,β-unsaturated/α-hetero) is 1. The fourth-order valence-corrected chi connectivity index (χ4v) is 2.09. The molecule has 0 radical (unpaired) electrons. The average molecular weight is 263 g/mol. The molecule has 0 amide bonds. The molecular formula is C15H15ClO2. The maximum absolute atomic E-state index is 12.2. The van der Waals surface area contributed by atoms with Gasteiger partial charge >= 0.3 is 0 Å². The molecule has 94 valence electrons. The van der Waals surface area contributed by atoms with Crippen molar-refractivity contribution in [2.24, 2.45) is 0 Å². The number of alkyl halides is 1. The molecular weight excluding hydrogens is 248 g/mol. The number of halogens is 1. The minimum Gasteiger partial charge on any atom is -0.493 e. The van der Waals surface area contributed by atoms with Crippen LogP contribution in [0, 0.1) is 0 Å². The highest BCUT2D eigenvalue weighted by molar-refractivity contribution is 6.35. The summed E-state index contributed by atoms with van der Waals surface area (Å²) in [6, 6.07) is 11.5. The number of carbonyl (C=O) groups is 1. The number of benzene rings is 2. The summed E-state index contributed by atoms with van der Waals surface area (Å²) in [6.07, 6.45) is 0. The SMILES string of the molecule is CCOc1ccc2ccccc2c1C(=O)C(C)Cl. The fraction of sp³-hybridized carbons (Fsp3) is 0.267. The van der Waals surface area contributed by atoms with Crippen LogP contribution in [0.1, 0.15) is 24.2 Å². The Morgan fingerprint density at radius 3 is 2.67 bits per heavy atom. The zero-order chi connectivity index (χ0) is 13.1. The lowest BCUT2D eigenvalue weighted by Crippen LogP contribution is -2.13. The van der Waals surface area contributed by atoms with E-state index in [1.165, 1.54) is 0 Å². The van der Waals surface area contributed by atoms with E-state index in [-0.39, 0.29) is 5.78 Å². The molecule has 2 nitrogen and oxygen atoms in total. The van der Waals surface area contributed by atoms with E-state index in [9.17, 15) is 4.79 Å². The number of ether oxygens (including phenoxy) is 1. The van der Waals surface area contributed by atoms with Gasteiger partial charge in [0.1, 0.15) is 5.75 Å². The van der Waals surface area contributed by atoms with E-state index in [1.807, 2.05) is 43.3 Å². The van der Waals surface area contributed by atoms with Crippen LogP contribution in [-0.2, 0) is 0 Å². The van der Waals surface area contributed by atoms with Crippen LogP contribution in [-0.4, -0.2) is 17.8 Å². The smallest absolute Gasteiger partial charge is 0.184 e. The molecule has 18 heavy (non-hydrogen) atoms. The van der Waals surface area contributed by atoms with Gasteiger partial charge in [0.2, 0.25) is 0 Å². The number of rotatable bonds is 4. The van der Waals surface area contributed by atoms with E-state index >= 15 is 0 Å². The van der Waals surface area contributed by atoms with Crippen LogP contribution in [0.2, 0.25) is 0 Å². The van der Waals surface area contributed by atoms with Gasteiger partial charge in [0.05, 0.1) is 17.5 Å². The van der Waals surface area contributed by atoms with Gasteiger partial charge in [-0.1, -0.05) is 30.3 Å². The van der Waals surface area contributed by atoms with Crippen LogP contribution in [0.4, 0.5) is 0 Å². The van der Waals surface area contributed by atoms with Crippen molar-refractivity contribution in [2.45, 2.75) is 19.2 Å². The maximum Gasteiger partial charge on any atom is 0.184 e. The third-order valence-electron chi connectivity index (χ3n) is 2.80. The maximum atomic E-state index is 12.2. The molecule has 0 aromatic heterocycles. The summed E-state index contributed by atoms with van der Waals surface area (Å²) < 4.78 is 5.54. The lowest BCUT2D eigenvalue weighted by atomic mass is 9.99. The Morgan fingerprint density at radius 2 is 2.00 bits per heavy atom. The summed E-state index contributed by atoms with van der Waals surface area (Å²) in [5.74, 6) is 0.505. The Hall–Kier alpha value is -1.54. The Bertz CT molecular complexity index is 576. The van der Waals surface area contributed by atoms with Crippen LogP contribution in [0.25, 0.3) is 10.8 Å². The first-order valence-electron chi connectivity index (χ1n) is 5.98. The summed E-state index contributed by atoms with van der Waals surface area (Å²) >= 11 is 5.93. The molecule has 0 saturated carbocycles. The van der Waals surface area contributed by atoms with Crippen molar-refractivity contribution in [3.8, 4) is 5.75 Å². The largest absolute Gasteiger partial charge is 0.493 e. The molecule has 1 atom stereocenters. The van der Waals surface area contributed by atoms with Crippen LogP contribution < -0.4 is 4.74 Å². The number of ketones is 1. The van der Waals surface area contributed by atoms with Crippen molar-refractivity contribution in [3.05, 3.63) is 42.0 Å². The number of fused-ring (bicyclic) bond motifs is 1. The second-order valence-electron chi connectivity index (χ2n) is 4.07. The summed E-state index contributed by atoms with van der Waals surface area (Å²) in [6.45, 7) is 4.10. The molecule has 2 rings (SSSR count). The summed E-state index contributed by atoms with van der Waals surface area (Å²) in [5.41, 5.74) is 0.581. The minimum atomic E-state index is -0.560. The quantitative estimate of drug-likeness (QED) is 0.614. The third-order valence-corrected chi connectivity index (χ3v) is 3.00. The van der Waals surface area contributed by atoms with Crippen LogP contribution in [0.5, 0.6) is 5.75 Å². The molecule has 0 N–H and O–H groups in total. The summed E-state index contributed by atoms with van der Waals surface area (Å²) in [7, 11) is 0. The normalized spacial score (nSPS) is 12.4. The van der Waals surface area contributed by atoms with Crippen LogP contribution in [0.3, 0.4) is 0 Å². The highest BCUT2D eigenvalue weighted by Gasteiger charge is 2.20. The molecule has 0 heterocycles. The summed E-state index contributed by atoms with van der Waals surface area (Å²) in [4.78, 5) is 12.2. The molecule has 0 aliphatic heterocycles. The van der Waals surface area contributed by atoms with Gasteiger partial charge in [-0.05, 0) is 30.7 Å². The highest BCUT2D eigenvalue weighted by atomic mass is 35.5. The molecule has 0 saturated heterocycles. The Kier molecular flexibility index (Phi) is 3.87. The lowest BCUT2D eigenvalue weighted by molar-refractivity contribution is 0.0990. The molecule has 0 fully saturated rings. The molecule has 0 bridgehead atoms. The van der Waals surface area contributed by atoms with Crippen LogP contribution in [0.15, 0.2) is 36.4 Å². The van der Waals surface area contributed by atoms with E-state index in [4.69, 9.17) is 16.3 Å². The third kappa shape index (κ3) is 2.34. The molecule has 1 unspecified atom stereocenters. The van der Waals surface area contributed by atoms with Gasteiger partial charge in [-0.2, -0.15) is 0 Å². The lowest BCUT2D eigenvalue weighted by Gasteiger charge is -2.13. The molecule has 2 aromatic rings. The topological polar surface area (TPSA) is 26.3 Å². The van der Waals surface area contributed by atoms with Crippen LogP contribution >= 0.6 is 11.6 Å². The number of hydrogen-bond donors (Lipinski definition) is 0. The molecule has 0 spiro atoms.